The van der Waals surface area contributed by atoms with Crippen LogP contribution in [0.1, 0.15) is 46.1 Å². The Morgan fingerprint density at radius 3 is 2.68 bits per heavy atom. The van der Waals surface area contributed by atoms with Gasteiger partial charge in [-0.15, -0.1) is 24.0 Å². The molecule has 4 nitrogen and oxygen atoms in total. The van der Waals surface area contributed by atoms with Crippen LogP contribution in [0.3, 0.4) is 0 Å². The number of thiophene rings is 1. The fraction of sp³-hybridized carbons (Fsp3) is 0.688. The molecule has 0 aromatic carbocycles. The zero-order valence-electron chi connectivity index (χ0n) is 14.1. The molecule has 0 aliphatic heterocycles. The van der Waals surface area contributed by atoms with Gasteiger partial charge >= 0.3 is 0 Å². The van der Waals surface area contributed by atoms with Crippen molar-refractivity contribution in [3.63, 3.8) is 0 Å². The third-order valence-corrected chi connectivity index (χ3v) is 3.97. The first-order chi connectivity index (χ1) is 9.95. The SMILES string of the molecule is CCNC(=NCC(C)(O)c1ccsc1)NCCCC(C)C.I. The van der Waals surface area contributed by atoms with Gasteiger partial charge in [-0.2, -0.15) is 11.3 Å². The lowest BCUT2D eigenvalue weighted by Gasteiger charge is -2.21. The second-order valence-electron chi connectivity index (χ2n) is 5.94. The van der Waals surface area contributed by atoms with Gasteiger partial charge in [-0.25, -0.2) is 4.99 Å². The van der Waals surface area contributed by atoms with Crippen LogP contribution >= 0.6 is 35.3 Å². The lowest BCUT2D eigenvalue weighted by Crippen LogP contribution is -2.39. The molecule has 1 atom stereocenters. The summed E-state index contributed by atoms with van der Waals surface area (Å²) in [6, 6.07) is 1.95. The first-order valence-corrected chi connectivity index (χ1v) is 8.67. The molecule has 128 valence electrons. The highest BCUT2D eigenvalue weighted by Crippen LogP contribution is 2.23. The molecular weight excluding hydrogens is 409 g/mol. The van der Waals surface area contributed by atoms with Crippen LogP contribution in [-0.4, -0.2) is 30.7 Å². The highest BCUT2D eigenvalue weighted by atomic mass is 127. The third-order valence-electron chi connectivity index (χ3n) is 3.28. The molecule has 1 unspecified atom stereocenters. The third kappa shape index (κ3) is 8.33. The second kappa shape index (κ2) is 11.2. The largest absolute Gasteiger partial charge is 0.383 e. The maximum absolute atomic E-state index is 10.5. The van der Waals surface area contributed by atoms with Crippen LogP contribution in [-0.2, 0) is 5.60 Å². The maximum Gasteiger partial charge on any atom is 0.191 e. The van der Waals surface area contributed by atoms with Gasteiger partial charge in [0.15, 0.2) is 5.96 Å². The van der Waals surface area contributed by atoms with Crippen molar-refractivity contribution in [1.29, 1.82) is 0 Å². The number of rotatable bonds is 8. The zero-order valence-corrected chi connectivity index (χ0v) is 17.2. The molecule has 3 N–H and O–H groups in total. The average Bonchev–Trinajstić information content (AvgIpc) is 2.95. The van der Waals surface area contributed by atoms with Crippen molar-refractivity contribution >= 4 is 41.3 Å². The topological polar surface area (TPSA) is 56.7 Å². The number of hydrogen-bond acceptors (Lipinski definition) is 3. The number of hydrogen-bond donors (Lipinski definition) is 3. The summed E-state index contributed by atoms with van der Waals surface area (Å²) in [7, 11) is 0. The van der Waals surface area contributed by atoms with Crippen LogP contribution in [0.2, 0.25) is 0 Å². The molecule has 1 aromatic rings. The molecule has 0 saturated carbocycles. The van der Waals surface area contributed by atoms with Gasteiger partial charge in [0.2, 0.25) is 0 Å². The first kappa shape index (κ1) is 21.7. The van der Waals surface area contributed by atoms with Gasteiger partial charge in [0.1, 0.15) is 5.60 Å². The molecule has 0 aliphatic carbocycles. The Bertz CT molecular complexity index is 419. The molecule has 0 aliphatic rings. The molecule has 0 spiro atoms. The van der Waals surface area contributed by atoms with E-state index in [1.807, 2.05) is 23.8 Å². The van der Waals surface area contributed by atoms with E-state index in [0.29, 0.717) is 6.54 Å². The number of aliphatic imine (C=N–C) groups is 1. The minimum absolute atomic E-state index is 0. The fourth-order valence-electron chi connectivity index (χ4n) is 1.95. The van der Waals surface area contributed by atoms with Gasteiger partial charge in [-0.3, -0.25) is 0 Å². The van der Waals surface area contributed by atoms with Gasteiger partial charge in [0.05, 0.1) is 6.54 Å². The molecular formula is C16H30IN3OS. The van der Waals surface area contributed by atoms with Gasteiger partial charge in [-0.1, -0.05) is 13.8 Å². The zero-order chi connectivity index (χ0) is 15.7. The molecule has 1 aromatic heterocycles. The molecule has 1 rings (SSSR count). The Morgan fingerprint density at radius 2 is 2.14 bits per heavy atom. The number of guanidine groups is 1. The summed E-state index contributed by atoms with van der Waals surface area (Å²) in [6.45, 7) is 10.4. The minimum Gasteiger partial charge on any atom is -0.383 e. The summed E-state index contributed by atoms with van der Waals surface area (Å²) in [4.78, 5) is 4.51. The Morgan fingerprint density at radius 1 is 1.41 bits per heavy atom. The van der Waals surface area contributed by atoms with Crippen LogP contribution < -0.4 is 10.6 Å². The average molecular weight is 439 g/mol. The van der Waals surface area contributed by atoms with Crippen LogP contribution in [0.15, 0.2) is 21.8 Å². The van der Waals surface area contributed by atoms with Gasteiger partial charge in [0.25, 0.3) is 0 Å². The Kier molecular flexibility index (Phi) is 11.1. The fourth-order valence-corrected chi connectivity index (χ4v) is 2.74. The number of nitrogens with zero attached hydrogens (tertiary/aromatic N) is 1. The normalized spacial score (nSPS) is 14.4. The first-order valence-electron chi connectivity index (χ1n) is 7.73. The Labute approximate surface area is 155 Å². The lowest BCUT2D eigenvalue weighted by atomic mass is 10.00. The van der Waals surface area contributed by atoms with Crippen LogP contribution in [0.4, 0.5) is 0 Å². The second-order valence-corrected chi connectivity index (χ2v) is 6.72. The summed E-state index contributed by atoms with van der Waals surface area (Å²) in [5.41, 5.74) is 0.00668. The summed E-state index contributed by atoms with van der Waals surface area (Å²) >= 11 is 1.59. The van der Waals surface area contributed by atoms with E-state index < -0.39 is 5.60 Å². The van der Waals surface area contributed by atoms with Crippen molar-refractivity contribution in [2.24, 2.45) is 10.9 Å². The summed E-state index contributed by atoms with van der Waals surface area (Å²) in [6.07, 6.45) is 2.34. The Balaban J connectivity index is 0.00000441. The smallest absolute Gasteiger partial charge is 0.191 e. The van der Waals surface area contributed by atoms with E-state index in [2.05, 4.69) is 29.5 Å². The molecule has 22 heavy (non-hydrogen) atoms. The summed E-state index contributed by atoms with van der Waals surface area (Å²) in [5, 5.41) is 21.0. The van der Waals surface area contributed by atoms with Crippen LogP contribution in [0, 0.1) is 5.92 Å². The van der Waals surface area contributed by atoms with Gasteiger partial charge in [-0.05, 0) is 55.0 Å². The number of halogens is 1. The molecule has 0 bridgehead atoms. The van der Waals surface area contributed by atoms with Crippen molar-refractivity contribution < 1.29 is 5.11 Å². The predicted molar refractivity (Wildman–Crippen MR) is 107 cm³/mol. The van der Waals surface area contributed by atoms with Crippen molar-refractivity contribution in [3.05, 3.63) is 22.4 Å². The maximum atomic E-state index is 10.5. The van der Waals surface area contributed by atoms with E-state index in [9.17, 15) is 5.11 Å². The van der Waals surface area contributed by atoms with E-state index >= 15 is 0 Å². The molecule has 0 fully saturated rings. The highest BCUT2D eigenvalue weighted by Gasteiger charge is 2.23. The molecule has 6 heteroatoms. The van der Waals surface area contributed by atoms with E-state index in [1.165, 1.54) is 6.42 Å². The predicted octanol–water partition coefficient (Wildman–Crippen LogP) is 3.56. The van der Waals surface area contributed by atoms with Crippen LogP contribution in [0.25, 0.3) is 0 Å². The van der Waals surface area contributed by atoms with Crippen molar-refractivity contribution in [2.45, 2.75) is 46.1 Å². The van der Waals surface area contributed by atoms with Crippen molar-refractivity contribution in [3.8, 4) is 0 Å². The van der Waals surface area contributed by atoms with Crippen molar-refractivity contribution in [2.75, 3.05) is 19.6 Å². The summed E-state index contributed by atoms with van der Waals surface area (Å²) in [5.74, 6) is 1.50. The van der Waals surface area contributed by atoms with Gasteiger partial charge in [0, 0.05) is 13.1 Å². The highest BCUT2D eigenvalue weighted by molar-refractivity contribution is 14.0. The standard InChI is InChI=1S/C16H29N3OS.HI/c1-5-17-15(18-9-6-7-13(2)3)19-12-16(4,20)14-8-10-21-11-14;/h8,10-11,13,20H,5-7,9,12H2,1-4H3,(H2,17,18,19);1H. The van der Waals surface area contributed by atoms with Crippen LogP contribution in [0.5, 0.6) is 0 Å². The quantitative estimate of drug-likeness (QED) is 0.251. The minimum atomic E-state index is -0.916. The number of nitrogens with one attached hydrogen (secondary N) is 2. The molecule has 1 heterocycles. The van der Waals surface area contributed by atoms with Gasteiger partial charge < -0.3 is 15.7 Å². The lowest BCUT2D eigenvalue weighted by molar-refractivity contribution is 0.0677. The molecule has 0 amide bonds. The molecule has 0 saturated heterocycles. The van der Waals surface area contributed by atoms with E-state index in [0.717, 1.165) is 37.0 Å². The van der Waals surface area contributed by atoms with E-state index in [4.69, 9.17) is 0 Å². The van der Waals surface area contributed by atoms with E-state index in [-0.39, 0.29) is 24.0 Å². The summed E-state index contributed by atoms with van der Waals surface area (Å²) < 4.78 is 0. The number of aliphatic hydroxyl groups is 1. The molecule has 0 radical (unpaired) electrons. The Hall–Kier alpha value is -0.340. The van der Waals surface area contributed by atoms with Crippen molar-refractivity contribution in [1.82, 2.24) is 10.6 Å². The van der Waals surface area contributed by atoms with E-state index in [1.54, 1.807) is 18.3 Å². The monoisotopic (exact) mass is 439 g/mol.